The van der Waals surface area contributed by atoms with Gasteiger partial charge in [0, 0.05) is 6.61 Å². The van der Waals surface area contributed by atoms with E-state index in [1.54, 1.807) is 0 Å². The van der Waals surface area contributed by atoms with Crippen molar-refractivity contribution in [2.45, 2.75) is 40.0 Å². The monoisotopic (exact) mass is 182 g/mol. The molecule has 0 aliphatic heterocycles. The van der Waals surface area contributed by atoms with Gasteiger partial charge in [-0.1, -0.05) is 17.2 Å². The van der Waals surface area contributed by atoms with Gasteiger partial charge in [0.25, 0.3) is 0 Å². The lowest BCUT2D eigenvalue weighted by atomic mass is 10.1. The van der Waals surface area contributed by atoms with Crippen molar-refractivity contribution in [1.29, 1.82) is 0 Å². The lowest BCUT2D eigenvalue weighted by Crippen LogP contribution is -1.94. The maximum Gasteiger partial charge on any atom is 0.0673 e. The Balaban J connectivity index is 3.41. The fourth-order valence-corrected chi connectivity index (χ4v) is 1.07. The average Bonchev–Trinajstić information content (AvgIpc) is 2.08. The Kier molecular flexibility index (Phi) is 7.71. The number of hydrogen-bond donors (Lipinski definition) is 0. The molecule has 1 heteroatoms. The van der Waals surface area contributed by atoms with Crippen molar-refractivity contribution < 1.29 is 4.74 Å². The molecule has 0 bridgehead atoms. The van der Waals surface area contributed by atoms with Crippen molar-refractivity contribution in [2.75, 3.05) is 13.2 Å². The van der Waals surface area contributed by atoms with Gasteiger partial charge in [-0.3, -0.25) is 0 Å². The van der Waals surface area contributed by atoms with E-state index in [4.69, 9.17) is 4.74 Å². The van der Waals surface area contributed by atoms with E-state index in [1.807, 2.05) is 6.92 Å². The van der Waals surface area contributed by atoms with Crippen LogP contribution in [0.2, 0.25) is 0 Å². The summed E-state index contributed by atoms with van der Waals surface area (Å²) < 4.78 is 5.29. The second-order valence-corrected chi connectivity index (χ2v) is 3.54. The molecule has 0 saturated carbocycles. The smallest absolute Gasteiger partial charge is 0.0673 e. The third-order valence-electron chi connectivity index (χ3n) is 1.83. The second kappa shape index (κ2) is 8.06. The number of allylic oxidation sites excluding steroid dienone is 2. The topological polar surface area (TPSA) is 9.23 Å². The highest BCUT2D eigenvalue weighted by molar-refractivity contribution is 4.98. The standard InChI is InChI=1S/C12H22O/c1-5-13-10-12(4)9-7-6-8-11(2)3/h9H,2,5-8,10H2,1,3-4H3/b12-9+. The first kappa shape index (κ1) is 12.4. The van der Waals surface area contributed by atoms with Crippen LogP contribution in [0.5, 0.6) is 0 Å². The molecule has 0 rings (SSSR count). The predicted octanol–water partition coefficient (Wildman–Crippen LogP) is 3.72. The lowest BCUT2D eigenvalue weighted by molar-refractivity contribution is 0.170. The average molecular weight is 182 g/mol. The van der Waals surface area contributed by atoms with Crippen LogP contribution >= 0.6 is 0 Å². The fourth-order valence-electron chi connectivity index (χ4n) is 1.07. The van der Waals surface area contributed by atoms with Crippen LogP contribution in [-0.4, -0.2) is 13.2 Å². The van der Waals surface area contributed by atoms with Crippen molar-refractivity contribution in [2.24, 2.45) is 0 Å². The molecule has 0 amide bonds. The van der Waals surface area contributed by atoms with Gasteiger partial charge in [-0.05, 0) is 40.0 Å². The molecule has 0 aromatic heterocycles. The van der Waals surface area contributed by atoms with Crippen LogP contribution in [0.25, 0.3) is 0 Å². The lowest BCUT2D eigenvalue weighted by Gasteiger charge is -2.01. The summed E-state index contributed by atoms with van der Waals surface area (Å²) >= 11 is 0. The Hall–Kier alpha value is -0.560. The third-order valence-corrected chi connectivity index (χ3v) is 1.83. The van der Waals surface area contributed by atoms with E-state index >= 15 is 0 Å². The first-order valence-electron chi connectivity index (χ1n) is 5.04. The number of hydrogen-bond acceptors (Lipinski definition) is 1. The summed E-state index contributed by atoms with van der Waals surface area (Å²) in [6, 6.07) is 0. The Labute approximate surface area is 82.5 Å². The van der Waals surface area contributed by atoms with E-state index in [0.717, 1.165) is 26.1 Å². The Morgan fingerprint density at radius 1 is 1.38 bits per heavy atom. The Bertz CT molecular complexity index is 168. The maximum absolute atomic E-state index is 5.29. The quantitative estimate of drug-likeness (QED) is 0.431. The molecule has 0 N–H and O–H groups in total. The molecule has 13 heavy (non-hydrogen) atoms. The zero-order chi connectivity index (χ0) is 10.1. The molecule has 0 aromatic rings. The first-order chi connectivity index (χ1) is 6.16. The van der Waals surface area contributed by atoms with E-state index < -0.39 is 0 Å². The Morgan fingerprint density at radius 3 is 2.62 bits per heavy atom. The van der Waals surface area contributed by atoms with Gasteiger partial charge in [0.05, 0.1) is 6.61 Å². The predicted molar refractivity (Wildman–Crippen MR) is 58.9 cm³/mol. The highest BCUT2D eigenvalue weighted by Gasteiger charge is 1.90. The molecule has 0 unspecified atom stereocenters. The molecule has 0 saturated heterocycles. The number of rotatable bonds is 7. The molecule has 0 aliphatic rings. The van der Waals surface area contributed by atoms with E-state index in [-0.39, 0.29) is 0 Å². The van der Waals surface area contributed by atoms with Crippen LogP contribution in [0, 0.1) is 0 Å². The van der Waals surface area contributed by atoms with E-state index in [2.05, 4.69) is 26.5 Å². The maximum atomic E-state index is 5.29. The molecule has 0 aromatic carbocycles. The highest BCUT2D eigenvalue weighted by Crippen LogP contribution is 2.06. The van der Waals surface area contributed by atoms with Crippen LogP contribution < -0.4 is 0 Å². The fraction of sp³-hybridized carbons (Fsp3) is 0.667. The van der Waals surface area contributed by atoms with Gasteiger partial charge in [-0.15, -0.1) is 6.58 Å². The molecule has 0 spiro atoms. The van der Waals surface area contributed by atoms with Gasteiger partial charge in [-0.25, -0.2) is 0 Å². The first-order valence-corrected chi connectivity index (χ1v) is 5.04. The van der Waals surface area contributed by atoms with Crippen molar-refractivity contribution in [1.82, 2.24) is 0 Å². The molecule has 0 atom stereocenters. The minimum Gasteiger partial charge on any atom is -0.377 e. The molecular weight excluding hydrogens is 160 g/mol. The van der Waals surface area contributed by atoms with Gasteiger partial charge in [-0.2, -0.15) is 0 Å². The summed E-state index contributed by atoms with van der Waals surface area (Å²) in [4.78, 5) is 0. The van der Waals surface area contributed by atoms with Crippen LogP contribution in [0.4, 0.5) is 0 Å². The zero-order valence-electron chi connectivity index (χ0n) is 9.23. The normalized spacial score (nSPS) is 11.8. The molecular formula is C12H22O. The summed E-state index contributed by atoms with van der Waals surface area (Å²) in [5.74, 6) is 0. The van der Waals surface area contributed by atoms with Gasteiger partial charge in [0.15, 0.2) is 0 Å². The van der Waals surface area contributed by atoms with Gasteiger partial charge in [0.1, 0.15) is 0 Å². The molecule has 0 heterocycles. The second-order valence-electron chi connectivity index (χ2n) is 3.54. The molecule has 0 aliphatic carbocycles. The summed E-state index contributed by atoms with van der Waals surface area (Å²) in [6.07, 6.45) is 5.75. The van der Waals surface area contributed by atoms with Gasteiger partial charge < -0.3 is 4.74 Å². The van der Waals surface area contributed by atoms with E-state index in [1.165, 1.54) is 17.6 Å². The van der Waals surface area contributed by atoms with Crippen molar-refractivity contribution in [3.05, 3.63) is 23.8 Å². The zero-order valence-corrected chi connectivity index (χ0v) is 9.23. The Morgan fingerprint density at radius 2 is 2.08 bits per heavy atom. The van der Waals surface area contributed by atoms with Gasteiger partial charge in [0.2, 0.25) is 0 Å². The van der Waals surface area contributed by atoms with E-state index in [0.29, 0.717) is 0 Å². The SMILES string of the molecule is C=C(C)CCC/C=C(\C)COCC. The van der Waals surface area contributed by atoms with Crippen LogP contribution in [0.1, 0.15) is 40.0 Å². The summed E-state index contributed by atoms with van der Waals surface area (Å²) in [7, 11) is 0. The van der Waals surface area contributed by atoms with Crippen LogP contribution in [0.15, 0.2) is 23.8 Å². The van der Waals surface area contributed by atoms with E-state index in [9.17, 15) is 0 Å². The van der Waals surface area contributed by atoms with Crippen molar-refractivity contribution in [3.63, 3.8) is 0 Å². The molecule has 1 nitrogen and oxygen atoms in total. The third kappa shape index (κ3) is 9.35. The van der Waals surface area contributed by atoms with Crippen LogP contribution in [-0.2, 0) is 4.74 Å². The number of ether oxygens (including phenoxy) is 1. The molecule has 0 radical (unpaired) electrons. The molecule has 0 fully saturated rings. The van der Waals surface area contributed by atoms with Crippen LogP contribution in [0.3, 0.4) is 0 Å². The largest absolute Gasteiger partial charge is 0.377 e. The number of unbranched alkanes of at least 4 members (excludes halogenated alkanes) is 1. The summed E-state index contributed by atoms with van der Waals surface area (Å²) in [6.45, 7) is 11.7. The minimum atomic E-state index is 0.781. The minimum absolute atomic E-state index is 0.781. The molecule has 76 valence electrons. The highest BCUT2D eigenvalue weighted by atomic mass is 16.5. The summed E-state index contributed by atoms with van der Waals surface area (Å²) in [5, 5.41) is 0. The van der Waals surface area contributed by atoms with Crippen molar-refractivity contribution in [3.8, 4) is 0 Å². The van der Waals surface area contributed by atoms with Gasteiger partial charge >= 0.3 is 0 Å². The summed E-state index contributed by atoms with van der Waals surface area (Å²) in [5.41, 5.74) is 2.61. The van der Waals surface area contributed by atoms with Crippen molar-refractivity contribution >= 4 is 0 Å².